The average Bonchev–Trinajstić information content (AvgIpc) is 2.78. The second-order valence-corrected chi connectivity index (χ2v) is 7.22. The van der Waals surface area contributed by atoms with Crippen molar-refractivity contribution in [1.82, 2.24) is 4.72 Å². The van der Waals surface area contributed by atoms with Crippen LogP contribution in [0.4, 0.5) is 0 Å². The minimum atomic E-state index is -3.71. The summed E-state index contributed by atoms with van der Waals surface area (Å²) in [5.74, 6) is -1.48. The summed E-state index contributed by atoms with van der Waals surface area (Å²) in [4.78, 5) is 12.5. The molecule has 1 atom stereocenters. The van der Waals surface area contributed by atoms with Gasteiger partial charge in [-0.15, -0.1) is 0 Å². The minimum absolute atomic E-state index is 0.232. The number of ketones is 1. The fourth-order valence-electron chi connectivity index (χ4n) is 2.28. The molecule has 0 spiro atoms. The molecule has 0 saturated heterocycles. The Balaban J connectivity index is 2.45. The van der Waals surface area contributed by atoms with Crippen LogP contribution in [-0.2, 0) is 25.2 Å². The third-order valence-electron chi connectivity index (χ3n) is 3.72. The molecule has 2 rings (SSSR count). The zero-order valence-corrected chi connectivity index (χ0v) is 14.6. The lowest BCUT2D eigenvalue weighted by Crippen LogP contribution is -2.33. The van der Waals surface area contributed by atoms with Crippen LogP contribution in [0.3, 0.4) is 0 Å². The summed E-state index contributed by atoms with van der Waals surface area (Å²) in [7, 11) is -0.818. The molecule has 24 heavy (non-hydrogen) atoms. The Morgan fingerprint density at radius 2 is 1.96 bits per heavy atom. The summed E-state index contributed by atoms with van der Waals surface area (Å²) in [6.45, 7) is 2.84. The van der Waals surface area contributed by atoms with Crippen LogP contribution in [-0.4, -0.2) is 39.3 Å². The minimum Gasteiger partial charge on any atom is -0.501 e. The van der Waals surface area contributed by atoms with Crippen molar-refractivity contribution in [3.8, 4) is 11.5 Å². The van der Waals surface area contributed by atoms with Crippen LogP contribution in [0.2, 0.25) is 0 Å². The summed E-state index contributed by atoms with van der Waals surface area (Å²) in [5, 5.41) is 9.99. The Bertz CT molecular complexity index is 800. The quantitative estimate of drug-likeness (QED) is 0.786. The van der Waals surface area contributed by atoms with E-state index in [1.807, 2.05) is 0 Å². The molecule has 0 amide bonds. The van der Waals surface area contributed by atoms with Crippen LogP contribution in [0.1, 0.15) is 19.4 Å². The second-order valence-electron chi connectivity index (χ2n) is 5.21. The van der Waals surface area contributed by atoms with Crippen molar-refractivity contribution in [2.45, 2.75) is 19.4 Å². The molecule has 0 saturated carbocycles. The molecule has 1 aliphatic heterocycles. The molecular formula is C15H19NO7S. The summed E-state index contributed by atoms with van der Waals surface area (Å²) in [6, 6.07) is 4.72. The number of benzene rings is 1. The maximum absolute atomic E-state index is 12.5. The largest absolute Gasteiger partial charge is 0.501 e. The lowest BCUT2D eigenvalue weighted by Gasteiger charge is -2.25. The highest BCUT2D eigenvalue weighted by Gasteiger charge is 2.50. The highest BCUT2D eigenvalue weighted by atomic mass is 32.2. The van der Waals surface area contributed by atoms with Gasteiger partial charge in [-0.2, -0.15) is 0 Å². The van der Waals surface area contributed by atoms with Gasteiger partial charge in [0.05, 0.1) is 20.0 Å². The van der Waals surface area contributed by atoms with Gasteiger partial charge in [-0.05, 0) is 26.0 Å². The topological polar surface area (TPSA) is 111 Å². The van der Waals surface area contributed by atoms with Gasteiger partial charge < -0.3 is 19.3 Å². The van der Waals surface area contributed by atoms with Gasteiger partial charge >= 0.3 is 0 Å². The molecule has 8 nitrogen and oxygen atoms in total. The number of Topliss-reactive ketones (excluding diaryl/α,β-unsaturated/α-hetero) is 1. The van der Waals surface area contributed by atoms with E-state index in [1.54, 1.807) is 18.2 Å². The zero-order chi connectivity index (χ0) is 18.1. The first-order valence-corrected chi connectivity index (χ1v) is 8.73. The lowest BCUT2D eigenvalue weighted by molar-refractivity contribution is -0.131. The van der Waals surface area contributed by atoms with Crippen molar-refractivity contribution >= 4 is 15.8 Å². The van der Waals surface area contributed by atoms with Crippen molar-refractivity contribution in [3.63, 3.8) is 0 Å². The fraction of sp³-hybridized carbons (Fsp3) is 0.400. The summed E-state index contributed by atoms with van der Waals surface area (Å²) in [5.41, 5.74) is -1.30. The first kappa shape index (κ1) is 17.9. The number of aliphatic hydroxyl groups is 1. The molecule has 1 aromatic rings. The molecule has 132 valence electrons. The van der Waals surface area contributed by atoms with Crippen molar-refractivity contribution < 1.29 is 32.5 Å². The van der Waals surface area contributed by atoms with Crippen LogP contribution in [0.25, 0.3) is 0 Å². The number of carbonyl (C=O) groups is 1. The molecule has 0 aromatic heterocycles. The van der Waals surface area contributed by atoms with Gasteiger partial charge in [0.1, 0.15) is 11.5 Å². The number of methoxy groups -OCH3 is 2. The van der Waals surface area contributed by atoms with E-state index in [2.05, 4.69) is 4.72 Å². The monoisotopic (exact) mass is 357 g/mol. The van der Waals surface area contributed by atoms with Gasteiger partial charge in [0, 0.05) is 11.6 Å². The summed E-state index contributed by atoms with van der Waals surface area (Å²) >= 11 is 0. The van der Waals surface area contributed by atoms with Gasteiger partial charge in [0.25, 0.3) is 5.78 Å². The number of ether oxygens (including phenoxy) is 3. The molecular weight excluding hydrogens is 338 g/mol. The normalized spacial score (nSPS) is 20.8. The van der Waals surface area contributed by atoms with Crippen LogP contribution in [0.15, 0.2) is 29.8 Å². The first-order chi connectivity index (χ1) is 11.2. The van der Waals surface area contributed by atoms with Gasteiger partial charge in [-0.25, -0.2) is 8.42 Å². The zero-order valence-electron chi connectivity index (χ0n) is 13.7. The van der Waals surface area contributed by atoms with Crippen LogP contribution in [0.5, 0.6) is 11.5 Å². The van der Waals surface area contributed by atoms with E-state index in [0.29, 0.717) is 17.1 Å². The van der Waals surface area contributed by atoms with Crippen molar-refractivity contribution in [2.75, 3.05) is 20.0 Å². The van der Waals surface area contributed by atoms with Crippen molar-refractivity contribution in [1.29, 1.82) is 0 Å². The molecule has 0 aliphatic carbocycles. The molecule has 0 bridgehead atoms. The van der Waals surface area contributed by atoms with E-state index in [9.17, 15) is 18.3 Å². The molecule has 1 unspecified atom stereocenters. The summed E-state index contributed by atoms with van der Waals surface area (Å²) in [6.07, 6.45) is 0. The highest BCUT2D eigenvalue weighted by molar-refractivity contribution is 7.89. The van der Waals surface area contributed by atoms with Crippen LogP contribution < -0.4 is 14.2 Å². The first-order valence-electron chi connectivity index (χ1n) is 7.08. The second kappa shape index (κ2) is 6.23. The predicted molar refractivity (Wildman–Crippen MR) is 85.2 cm³/mol. The van der Waals surface area contributed by atoms with E-state index in [4.69, 9.17) is 14.2 Å². The van der Waals surface area contributed by atoms with E-state index < -0.39 is 33.0 Å². The molecule has 2 N–H and O–H groups in total. The Labute approximate surface area is 140 Å². The summed E-state index contributed by atoms with van der Waals surface area (Å²) < 4.78 is 41.2. The number of sulfonamides is 1. The average molecular weight is 357 g/mol. The number of nitrogens with one attached hydrogen (secondary N) is 1. The molecule has 9 heteroatoms. The Kier molecular flexibility index (Phi) is 4.66. The third-order valence-corrected chi connectivity index (χ3v) is 4.98. The number of hydrogen-bond acceptors (Lipinski definition) is 7. The number of carbonyl (C=O) groups excluding carboxylic acids is 1. The van der Waals surface area contributed by atoms with E-state index >= 15 is 0 Å². The van der Waals surface area contributed by atoms with Crippen molar-refractivity contribution in [2.24, 2.45) is 0 Å². The lowest BCUT2D eigenvalue weighted by atomic mass is 9.90. The number of hydrogen-bond donors (Lipinski definition) is 2. The maximum Gasteiger partial charge on any atom is 0.250 e. The molecule has 0 radical (unpaired) electrons. The predicted octanol–water partition coefficient (Wildman–Crippen LogP) is 1.18. The van der Waals surface area contributed by atoms with E-state index in [1.165, 1.54) is 28.1 Å². The van der Waals surface area contributed by atoms with Gasteiger partial charge in [0.2, 0.25) is 27.3 Å². The molecule has 1 aliphatic rings. The maximum atomic E-state index is 12.5. The van der Waals surface area contributed by atoms with Gasteiger partial charge in [-0.3, -0.25) is 9.52 Å². The fourth-order valence-corrected chi connectivity index (χ4v) is 2.85. The Morgan fingerprint density at radius 3 is 2.50 bits per heavy atom. The van der Waals surface area contributed by atoms with Crippen molar-refractivity contribution in [3.05, 3.63) is 35.4 Å². The van der Waals surface area contributed by atoms with Crippen LogP contribution >= 0.6 is 0 Å². The Morgan fingerprint density at radius 1 is 1.29 bits per heavy atom. The Hall–Kier alpha value is -2.42. The number of aliphatic hydroxyl groups excluding tert-OH is 1. The van der Waals surface area contributed by atoms with Crippen LogP contribution in [0, 0.1) is 0 Å². The molecule has 0 fully saturated rings. The number of rotatable bonds is 6. The van der Waals surface area contributed by atoms with Gasteiger partial charge in [0.15, 0.2) is 0 Å². The third kappa shape index (κ3) is 2.99. The molecule has 1 aromatic carbocycles. The molecule has 1 heterocycles. The smallest absolute Gasteiger partial charge is 0.250 e. The standard InChI is InChI=1S/C15H19NO7S/c1-5-24(19,20)16-14-12(17)13(18)15(2,23-14)10-7-6-9(21-3)8-11(10)22-4/h6-8,16-17H,5H2,1-4H3. The van der Waals surface area contributed by atoms with E-state index in [0.717, 1.165) is 0 Å². The highest BCUT2D eigenvalue weighted by Crippen LogP contribution is 2.42. The SMILES string of the molecule is CCS(=O)(=O)NC1=C(O)C(=O)C(C)(c2ccc(OC)cc2OC)O1. The van der Waals surface area contributed by atoms with Gasteiger partial charge in [-0.1, -0.05) is 0 Å². The van der Waals surface area contributed by atoms with E-state index in [-0.39, 0.29) is 5.75 Å².